The van der Waals surface area contributed by atoms with E-state index < -0.39 is 5.91 Å². The normalized spacial score (nSPS) is 30.5. The van der Waals surface area contributed by atoms with E-state index in [1.54, 1.807) is 0 Å². The molecule has 1 aromatic heterocycles. The third-order valence-electron chi connectivity index (χ3n) is 5.55. The molecule has 0 spiro atoms. The Morgan fingerprint density at radius 2 is 1.62 bits per heavy atom. The van der Waals surface area contributed by atoms with Gasteiger partial charge in [0.05, 0.1) is 10.7 Å². The van der Waals surface area contributed by atoms with Gasteiger partial charge in [-0.05, 0) is 55.8 Å². The quantitative estimate of drug-likeness (QED) is 0.590. The Hall–Kier alpha value is -1.04. The first-order valence-corrected chi connectivity index (χ1v) is 9.25. The van der Waals surface area contributed by atoms with E-state index in [-0.39, 0.29) is 26.6 Å². The van der Waals surface area contributed by atoms with Crippen molar-refractivity contribution in [1.29, 1.82) is 0 Å². The van der Waals surface area contributed by atoms with Gasteiger partial charge in [-0.3, -0.25) is 4.79 Å². The van der Waals surface area contributed by atoms with E-state index in [1.807, 2.05) is 0 Å². The van der Waals surface area contributed by atoms with Crippen LogP contribution in [0.25, 0.3) is 0 Å². The molecule has 4 aliphatic rings. The third kappa shape index (κ3) is 2.67. The number of anilines is 1. The number of hydrogen-bond acceptors (Lipinski definition) is 4. The van der Waals surface area contributed by atoms with Crippen molar-refractivity contribution in [2.45, 2.75) is 32.1 Å². The minimum Gasteiger partial charge on any atom is -0.396 e. The van der Waals surface area contributed by atoms with Crippen LogP contribution in [0.4, 0.5) is 5.69 Å². The number of hydrazone groups is 1. The molecule has 1 aromatic rings. The number of aromatic nitrogens is 1. The van der Waals surface area contributed by atoms with Gasteiger partial charge in [0.25, 0.3) is 5.91 Å². The highest BCUT2D eigenvalue weighted by molar-refractivity contribution is 6.46. The number of rotatable bonds is 2. The van der Waals surface area contributed by atoms with Crippen molar-refractivity contribution in [3.05, 3.63) is 20.9 Å². The summed E-state index contributed by atoms with van der Waals surface area (Å²) < 4.78 is 0. The zero-order valence-electron chi connectivity index (χ0n) is 12.9. The van der Waals surface area contributed by atoms with Crippen molar-refractivity contribution in [1.82, 2.24) is 10.4 Å². The van der Waals surface area contributed by atoms with E-state index in [2.05, 4.69) is 15.5 Å². The van der Waals surface area contributed by atoms with E-state index in [1.165, 1.54) is 32.1 Å². The predicted molar refractivity (Wildman–Crippen MR) is 95.6 cm³/mol. The molecule has 1 heterocycles. The molecule has 0 saturated heterocycles. The van der Waals surface area contributed by atoms with Crippen LogP contribution in [0.15, 0.2) is 5.10 Å². The monoisotopic (exact) mass is 386 g/mol. The highest BCUT2D eigenvalue weighted by Gasteiger charge is 2.46. The van der Waals surface area contributed by atoms with Crippen LogP contribution in [0.5, 0.6) is 0 Å². The molecule has 3 N–H and O–H groups in total. The van der Waals surface area contributed by atoms with Crippen molar-refractivity contribution in [3.63, 3.8) is 0 Å². The summed E-state index contributed by atoms with van der Waals surface area (Å²) in [5, 5.41) is 4.41. The van der Waals surface area contributed by atoms with Crippen LogP contribution in [0.2, 0.25) is 15.2 Å². The number of carbonyl (C=O) groups is 1. The number of nitrogens with two attached hydrogens (primary N) is 1. The molecule has 4 bridgehead atoms. The first-order chi connectivity index (χ1) is 11.4. The molecule has 128 valence electrons. The van der Waals surface area contributed by atoms with Crippen LogP contribution in [0, 0.1) is 23.7 Å². The summed E-state index contributed by atoms with van der Waals surface area (Å²) in [5.74, 6) is 2.17. The van der Waals surface area contributed by atoms with Crippen molar-refractivity contribution < 1.29 is 4.79 Å². The molecule has 0 aromatic carbocycles. The van der Waals surface area contributed by atoms with E-state index in [4.69, 9.17) is 40.5 Å². The van der Waals surface area contributed by atoms with Crippen molar-refractivity contribution in [3.8, 4) is 0 Å². The maximum atomic E-state index is 12.4. The van der Waals surface area contributed by atoms with Gasteiger partial charge in [0.15, 0.2) is 10.8 Å². The molecule has 0 aliphatic heterocycles. The average molecular weight is 388 g/mol. The summed E-state index contributed by atoms with van der Waals surface area (Å²) in [6.07, 6.45) is 6.15. The van der Waals surface area contributed by atoms with E-state index >= 15 is 0 Å². The Balaban J connectivity index is 1.55. The molecular formula is C16H17Cl3N4O. The third-order valence-corrected chi connectivity index (χ3v) is 6.68. The van der Waals surface area contributed by atoms with Gasteiger partial charge in [-0.25, -0.2) is 10.4 Å². The standard InChI is InChI=1S/C16H17Cl3N4O/c17-10-12(20)11(18)15(19)21-14(10)16(24)23-22-13-8-2-6-1-7(4-8)5-9(13)3-6/h6-9H,1-5H2,(H2,20,21)(H,23,24). The van der Waals surface area contributed by atoms with Crippen LogP contribution in [0.3, 0.4) is 0 Å². The zero-order valence-corrected chi connectivity index (χ0v) is 15.1. The van der Waals surface area contributed by atoms with Crippen LogP contribution >= 0.6 is 34.8 Å². The van der Waals surface area contributed by atoms with Crippen LogP contribution in [-0.4, -0.2) is 16.6 Å². The number of halogens is 3. The second-order valence-corrected chi connectivity index (χ2v) is 8.19. The SMILES string of the molecule is Nc1c(Cl)c(Cl)nc(C(=O)NN=C2C3CC4CC(C3)CC2C4)c1Cl. The molecule has 0 unspecified atom stereocenters. The molecule has 8 heteroatoms. The lowest BCUT2D eigenvalue weighted by molar-refractivity contribution is 0.0938. The molecule has 4 aliphatic carbocycles. The number of nitrogen functional groups attached to an aromatic ring is 1. The van der Waals surface area contributed by atoms with Gasteiger partial charge in [0, 0.05) is 5.71 Å². The fourth-order valence-corrected chi connectivity index (χ4v) is 5.29. The highest BCUT2D eigenvalue weighted by atomic mass is 35.5. The fourth-order valence-electron chi connectivity index (χ4n) is 4.70. The van der Waals surface area contributed by atoms with Gasteiger partial charge >= 0.3 is 0 Å². The summed E-state index contributed by atoms with van der Waals surface area (Å²) >= 11 is 17.8. The van der Waals surface area contributed by atoms with Gasteiger partial charge in [-0.1, -0.05) is 34.8 Å². The lowest BCUT2D eigenvalue weighted by atomic mass is 9.55. The molecular weight excluding hydrogens is 371 g/mol. The van der Waals surface area contributed by atoms with E-state index in [9.17, 15) is 4.79 Å². The number of nitrogens with zero attached hydrogens (tertiary/aromatic N) is 2. The molecule has 5 rings (SSSR count). The minimum atomic E-state index is -0.522. The Morgan fingerprint density at radius 1 is 1.04 bits per heavy atom. The fraction of sp³-hybridized carbons (Fsp3) is 0.562. The summed E-state index contributed by atoms with van der Waals surface area (Å²) in [5.41, 5.74) is 9.45. The van der Waals surface area contributed by atoms with Gasteiger partial charge in [0.1, 0.15) is 5.02 Å². The largest absolute Gasteiger partial charge is 0.396 e. The van der Waals surface area contributed by atoms with E-state index in [0.717, 1.165) is 17.5 Å². The smallest absolute Gasteiger partial charge is 0.291 e. The van der Waals surface area contributed by atoms with Crippen molar-refractivity contribution >= 4 is 52.1 Å². The second-order valence-electron chi connectivity index (χ2n) is 7.07. The molecule has 0 atom stereocenters. The lowest BCUT2D eigenvalue weighted by Crippen LogP contribution is -2.46. The zero-order chi connectivity index (χ0) is 17.0. The summed E-state index contributed by atoms with van der Waals surface area (Å²) in [6, 6.07) is 0. The van der Waals surface area contributed by atoms with Crippen molar-refractivity contribution in [2.75, 3.05) is 5.73 Å². The summed E-state index contributed by atoms with van der Waals surface area (Å²) in [6.45, 7) is 0. The lowest BCUT2D eigenvalue weighted by Gasteiger charge is -2.50. The number of amides is 1. The Kier molecular flexibility index (Phi) is 4.14. The molecule has 24 heavy (non-hydrogen) atoms. The second kappa shape index (κ2) is 6.04. The summed E-state index contributed by atoms with van der Waals surface area (Å²) in [7, 11) is 0. The average Bonchev–Trinajstić information content (AvgIpc) is 2.54. The Morgan fingerprint density at radius 3 is 2.21 bits per heavy atom. The number of carbonyl (C=O) groups excluding carboxylic acids is 1. The van der Waals surface area contributed by atoms with Crippen LogP contribution in [0.1, 0.15) is 42.6 Å². The maximum Gasteiger partial charge on any atom is 0.291 e. The molecule has 4 fully saturated rings. The number of pyridine rings is 1. The molecule has 0 radical (unpaired) electrons. The van der Waals surface area contributed by atoms with Gasteiger partial charge < -0.3 is 5.73 Å². The number of nitrogens with one attached hydrogen (secondary N) is 1. The van der Waals surface area contributed by atoms with Crippen LogP contribution in [-0.2, 0) is 0 Å². The Bertz CT molecular complexity index is 719. The molecule has 5 nitrogen and oxygen atoms in total. The number of hydrogen-bond donors (Lipinski definition) is 2. The van der Waals surface area contributed by atoms with Gasteiger partial charge in [0.2, 0.25) is 0 Å². The Labute approximate surface area is 154 Å². The van der Waals surface area contributed by atoms with Crippen molar-refractivity contribution in [2.24, 2.45) is 28.8 Å². The predicted octanol–water partition coefficient (Wildman–Crippen LogP) is 4.17. The first-order valence-electron chi connectivity index (χ1n) is 8.11. The van der Waals surface area contributed by atoms with Gasteiger partial charge in [-0.2, -0.15) is 5.10 Å². The van der Waals surface area contributed by atoms with Gasteiger partial charge in [-0.15, -0.1) is 0 Å². The molecule has 1 amide bonds. The first kappa shape index (κ1) is 16.4. The molecule has 4 saturated carbocycles. The highest BCUT2D eigenvalue weighted by Crippen LogP contribution is 2.52. The summed E-state index contributed by atoms with van der Waals surface area (Å²) in [4.78, 5) is 16.3. The maximum absolute atomic E-state index is 12.4. The topological polar surface area (TPSA) is 80.4 Å². The minimum absolute atomic E-state index is 0.00724. The van der Waals surface area contributed by atoms with Crippen LogP contribution < -0.4 is 11.2 Å². The van der Waals surface area contributed by atoms with E-state index in [0.29, 0.717) is 11.8 Å².